The molecule has 2 aromatic rings. The van der Waals surface area contributed by atoms with Crippen molar-refractivity contribution < 1.29 is 9.53 Å². The first-order valence-corrected chi connectivity index (χ1v) is 8.56. The molecule has 2 heterocycles. The van der Waals surface area contributed by atoms with E-state index in [1.54, 1.807) is 0 Å². The van der Waals surface area contributed by atoms with Gasteiger partial charge in [-0.15, -0.1) is 5.10 Å². The molecule has 0 unspecified atom stereocenters. The highest BCUT2D eigenvalue weighted by Crippen LogP contribution is 2.20. The Morgan fingerprint density at radius 3 is 2.88 bits per heavy atom. The number of aromatic amines is 1. The van der Waals surface area contributed by atoms with E-state index in [1.807, 2.05) is 23.1 Å². The highest BCUT2D eigenvalue weighted by Gasteiger charge is 2.24. The Labute approximate surface area is 146 Å². The number of nitrogens with one attached hydrogen (secondary N) is 1. The smallest absolute Gasteiger partial charge is 0.242 e. The lowest BCUT2D eigenvalue weighted by Gasteiger charge is -2.32. The average Bonchev–Trinajstić information content (AvgIpc) is 2.99. The number of halogens is 1. The van der Waals surface area contributed by atoms with E-state index in [1.165, 1.54) is 5.56 Å². The molecule has 1 fully saturated rings. The van der Waals surface area contributed by atoms with Crippen LogP contribution in [-0.4, -0.2) is 45.2 Å². The second kappa shape index (κ2) is 7.66. The van der Waals surface area contributed by atoms with Gasteiger partial charge in [-0.05, 0) is 36.2 Å². The van der Waals surface area contributed by atoms with Crippen molar-refractivity contribution in [3.05, 3.63) is 40.9 Å². The number of aryl methyl sites for hydroxylation is 2. The van der Waals surface area contributed by atoms with Gasteiger partial charge in [-0.25, -0.2) is 4.98 Å². The van der Waals surface area contributed by atoms with E-state index in [-0.39, 0.29) is 17.3 Å². The van der Waals surface area contributed by atoms with Crippen LogP contribution in [0.4, 0.5) is 0 Å². The molecule has 1 aromatic carbocycles. The number of hydrogen-bond donors (Lipinski definition) is 1. The van der Waals surface area contributed by atoms with Gasteiger partial charge in [0.15, 0.2) is 0 Å². The van der Waals surface area contributed by atoms with E-state index in [9.17, 15) is 4.79 Å². The van der Waals surface area contributed by atoms with Crippen LogP contribution in [0.5, 0.6) is 5.75 Å². The van der Waals surface area contributed by atoms with Crippen molar-refractivity contribution in [1.82, 2.24) is 20.1 Å². The number of amides is 1. The van der Waals surface area contributed by atoms with Crippen LogP contribution in [0.15, 0.2) is 24.3 Å². The fourth-order valence-electron chi connectivity index (χ4n) is 2.87. The van der Waals surface area contributed by atoms with E-state index in [2.05, 4.69) is 28.2 Å². The molecule has 7 heteroatoms. The number of aromatic nitrogens is 3. The van der Waals surface area contributed by atoms with Crippen molar-refractivity contribution in [2.45, 2.75) is 38.7 Å². The summed E-state index contributed by atoms with van der Waals surface area (Å²) in [5.74, 6) is 1.68. The zero-order chi connectivity index (χ0) is 16.9. The molecule has 6 nitrogen and oxygen atoms in total. The largest absolute Gasteiger partial charge is 0.490 e. The first-order valence-electron chi connectivity index (χ1n) is 8.18. The van der Waals surface area contributed by atoms with E-state index in [4.69, 9.17) is 16.3 Å². The summed E-state index contributed by atoms with van der Waals surface area (Å²) in [6, 6.07) is 8.07. The average molecular weight is 349 g/mol. The van der Waals surface area contributed by atoms with Gasteiger partial charge in [0.25, 0.3) is 0 Å². The van der Waals surface area contributed by atoms with Crippen molar-refractivity contribution in [3.8, 4) is 5.75 Å². The molecule has 1 aliphatic heterocycles. The van der Waals surface area contributed by atoms with Crippen LogP contribution in [0, 0.1) is 6.92 Å². The predicted molar refractivity (Wildman–Crippen MR) is 91.1 cm³/mol. The van der Waals surface area contributed by atoms with E-state index in [0.717, 1.165) is 31.7 Å². The Hall–Kier alpha value is -2.08. The lowest BCUT2D eigenvalue weighted by atomic mass is 10.1. The maximum atomic E-state index is 12.3. The summed E-state index contributed by atoms with van der Waals surface area (Å²) in [7, 11) is 0. The molecular formula is C17H21ClN4O2. The molecule has 1 saturated heterocycles. The summed E-state index contributed by atoms with van der Waals surface area (Å²) in [4.78, 5) is 18.2. The number of rotatable bonds is 5. The topological polar surface area (TPSA) is 71.1 Å². The normalized spacial score (nSPS) is 15.5. The van der Waals surface area contributed by atoms with Crippen LogP contribution in [0.2, 0.25) is 5.28 Å². The minimum atomic E-state index is 0.136. The van der Waals surface area contributed by atoms with Crippen molar-refractivity contribution in [2.24, 2.45) is 0 Å². The lowest BCUT2D eigenvalue weighted by molar-refractivity contribution is -0.132. The zero-order valence-electron chi connectivity index (χ0n) is 13.7. The molecule has 1 amide bonds. The second-order valence-electron chi connectivity index (χ2n) is 6.07. The van der Waals surface area contributed by atoms with Crippen molar-refractivity contribution in [2.75, 3.05) is 13.1 Å². The molecule has 0 bridgehead atoms. The molecule has 3 rings (SSSR count). The summed E-state index contributed by atoms with van der Waals surface area (Å²) in [6.07, 6.45) is 2.82. The maximum Gasteiger partial charge on any atom is 0.242 e. The summed E-state index contributed by atoms with van der Waals surface area (Å²) in [5.41, 5.74) is 1.19. The van der Waals surface area contributed by atoms with Gasteiger partial charge in [0, 0.05) is 38.8 Å². The van der Waals surface area contributed by atoms with Crippen LogP contribution in [-0.2, 0) is 11.2 Å². The third-order valence-electron chi connectivity index (χ3n) is 4.17. The van der Waals surface area contributed by atoms with Gasteiger partial charge in [-0.2, -0.15) is 0 Å². The number of likely N-dealkylation sites (tertiary alicyclic amines) is 1. The van der Waals surface area contributed by atoms with Gasteiger partial charge in [-0.3, -0.25) is 9.89 Å². The first-order chi connectivity index (χ1) is 11.6. The summed E-state index contributed by atoms with van der Waals surface area (Å²) < 4.78 is 6.02. The molecule has 1 N–H and O–H groups in total. The van der Waals surface area contributed by atoms with Crippen LogP contribution in [0.25, 0.3) is 0 Å². The van der Waals surface area contributed by atoms with Gasteiger partial charge in [0.05, 0.1) is 0 Å². The molecule has 1 aliphatic rings. The minimum absolute atomic E-state index is 0.136. The number of nitrogens with zero attached hydrogens (tertiary/aromatic N) is 3. The van der Waals surface area contributed by atoms with Gasteiger partial charge in [0.1, 0.15) is 17.7 Å². The van der Waals surface area contributed by atoms with Crippen LogP contribution < -0.4 is 4.74 Å². The maximum absolute atomic E-state index is 12.3. The van der Waals surface area contributed by atoms with Gasteiger partial charge in [-0.1, -0.05) is 12.1 Å². The highest BCUT2D eigenvalue weighted by atomic mass is 35.5. The molecule has 0 atom stereocenters. The molecule has 24 heavy (non-hydrogen) atoms. The Bertz CT molecular complexity index is 695. The van der Waals surface area contributed by atoms with Crippen LogP contribution >= 0.6 is 11.6 Å². The van der Waals surface area contributed by atoms with Crippen molar-refractivity contribution >= 4 is 17.5 Å². The van der Waals surface area contributed by atoms with Crippen molar-refractivity contribution in [3.63, 3.8) is 0 Å². The van der Waals surface area contributed by atoms with E-state index >= 15 is 0 Å². The van der Waals surface area contributed by atoms with E-state index in [0.29, 0.717) is 18.7 Å². The lowest BCUT2D eigenvalue weighted by Crippen LogP contribution is -2.41. The fraction of sp³-hybridized carbons (Fsp3) is 0.471. The van der Waals surface area contributed by atoms with Crippen LogP contribution in [0.1, 0.15) is 30.7 Å². The number of carbonyl (C=O) groups excluding carboxylic acids is 1. The number of benzene rings is 1. The molecule has 1 aromatic heterocycles. The van der Waals surface area contributed by atoms with Crippen LogP contribution in [0.3, 0.4) is 0 Å². The fourth-order valence-corrected chi connectivity index (χ4v) is 3.02. The summed E-state index contributed by atoms with van der Waals surface area (Å²) in [6.45, 7) is 3.51. The van der Waals surface area contributed by atoms with Gasteiger partial charge >= 0.3 is 0 Å². The molecule has 128 valence electrons. The third-order valence-corrected chi connectivity index (χ3v) is 4.34. The standard InChI is InChI=1S/C17H21ClN4O2/c1-12-3-2-4-14(11-12)24-13-7-9-22(10-8-13)16(23)6-5-15-19-17(18)21-20-15/h2-4,11,13H,5-10H2,1H3,(H,19,20,21). The SMILES string of the molecule is Cc1cccc(OC2CCN(C(=O)CCc3nc(Cl)n[nH]3)CC2)c1. The first kappa shape index (κ1) is 16.8. The highest BCUT2D eigenvalue weighted by molar-refractivity contribution is 6.28. The summed E-state index contributed by atoms with van der Waals surface area (Å²) >= 11 is 5.65. The second-order valence-corrected chi connectivity index (χ2v) is 6.40. The monoisotopic (exact) mass is 348 g/mol. The molecule has 0 saturated carbocycles. The van der Waals surface area contributed by atoms with Gasteiger partial charge in [0.2, 0.25) is 11.2 Å². The molecule has 0 aliphatic carbocycles. The summed E-state index contributed by atoms with van der Waals surface area (Å²) in [5, 5.41) is 6.66. The number of carbonyl (C=O) groups is 1. The number of H-pyrrole nitrogens is 1. The Balaban J connectivity index is 1.43. The number of ether oxygens (including phenoxy) is 1. The Kier molecular flexibility index (Phi) is 5.35. The Morgan fingerprint density at radius 2 is 2.21 bits per heavy atom. The molecule has 0 radical (unpaired) electrons. The third kappa shape index (κ3) is 4.47. The zero-order valence-corrected chi connectivity index (χ0v) is 14.4. The minimum Gasteiger partial charge on any atom is -0.490 e. The van der Waals surface area contributed by atoms with E-state index < -0.39 is 0 Å². The number of piperidine rings is 1. The Morgan fingerprint density at radius 1 is 1.42 bits per heavy atom. The van der Waals surface area contributed by atoms with Gasteiger partial charge < -0.3 is 9.64 Å². The van der Waals surface area contributed by atoms with Crippen molar-refractivity contribution in [1.29, 1.82) is 0 Å². The number of hydrogen-bond acceptors (Lipinski definition) is 4. The quantitative estimate of drug-likeness (QED) is 0.901. The predicted octanol–water partition coefficient (Wildman–Crippen LogP) is 2.77. The molecular weight excluding hydrogens is 328 g/mol. The molecule has 0 spiro atoms.